The Balaban J connectivity index is 2.81. The number of hydrogen-bond donors (Lipinski definition) is 1. The molecular weight excluding hydrogens is 240 g/mol. The molecule has 0 saturated heterocycles. The van der Waals surface area contributed by atoms with Crippen LogP contribution < -0.4 is 0 Å². The van der Waals surface area contributed by atoms with E-state index in [1.807, 2.05) is 6.92 Å². The van der Waals surface area contributed by atoms with Crippen LogP contribution in [0.1, 0.15) is 27.3 Å². The Morgan fingerprint density at radius 1 is 1.47 bits per heavy atom. The van der Waals surface area contributed by atoms with Crippen molar-refractivity contribution < 1.29 is 14.6 Å². The van der Waals surface area contributed by atoms with Gasteiger partial charge in [-0.3, -0.25) is 0 Å². The maximum Gasteiger partial charge on any atom is 0.339 e. The van der Waals surface area contributed by atoms with Crippen LogP contribution in [-0.4, -0.2) is 27.5 Å². The molecule has 0 aliphatic carbocycles. The van der Waals surface area contributed by atoms with Crippen molar-refractivity contribution in [2.75, 3.05) is 7.11 Å². The number of carbonyl (C=O) groups excluding carboxylic acids is 1. The predicted octanol–water partition coefficient (Wildman–Crippen LogP) is 1.59. The molecule has 2 aromatic rings. The Bertz CT molecular complexity index is 592. The molecular formula is C11H12N2O3S. The molecule has 0 bridgehead atoms. The van der Waals surface area contributed by atoms with Gasteiger partial charge in [0.05, 0.1) is 30.7 Å². The van der Waals surface area contributed by atoms with Crippen molar-refractivity contribution in [2.45, 2.75) is 20.5 Å². The lowest BCUT2D eigenvalue weighted by molar-refractivity contribution is 0.0599. The fourth-order valence-electron chi connectivity index (χ4n) is 1.88. The van der Waals surface area contributed by atoms with Gasteiger partial charge in [0, 0.05) is 5.39 Å². The van der Waals surface area contributed by atoms with Crippen LogP contribution in [0.15, 0.2) is 0 Å². The van der Waals surface area contributed by atoms with Gasteiger partial charge in [0.25, 0.3) is 0 Å². The fraction of sp³-hybridized carbons (Fsp3) is 0.364. The summed E-state index contributed by atoms with van der Waals surface area (Å²) >= 11 is 1.22. The standard InChI is InChI=1S/C11H12N2O3S/c1-5-8(11(15)16-3)6(2)12-10-9(5)7(4-14)13-17-10/h14H,4H2,1-3H3. The van der Waals surface area contributed by atoms with Gasteiger partial charge < -0.3 is 9.84 Å². The summed E-state index contributed by atoms with van der Waals surface area (Å²) < 4.78 is 8.86. The van der Waals surface area contributed by atoms with E-state index < -0.39 is 5.97 Å². The number of rotatable bonds is 2. The van der Waals surface area contributed by atoms with Crippen LogP contribution >= 0.6 is 11.5 Å². The maximum atomic E-state index is 11.7. The second-order valence-corrected chi connectivity index (χ2v) is 4.41. The quantitative estimate of drug-likeness (QED) is 0.822. The number of aliphatic hydroxyl groups is 1. The van der Waals surface area contributed by atoms with E-state index in [-0.39, 0.29) is 6.61 Å². The molecule has 0 saturated carbocycles. The Morgan fingerprint density at radius 2 is 2.18 bits per heavy atom. The molecule has 5 nitrogen and oxygen atoms in total. The number of esters is 1. The number of ether oxygens (including phenoxy) is 1. The molecule has 0 atom stereocenters. The van der Waals surface area contributed by atoms with Crippen LogP contribution in [0, 0.1) is 13.8 Å². The number of aryl methyl sites for hydroxylation is 2. The molecule has 17 heavy (non-hydrogen) atoms. The molecule has 0 unspecified atom stereocenters. The topological polar surface area (TPSA) is 72.3 Å². The van der Waals surface area contributed by atoms with Gasteiger partial charge in [-0.15, -0.1) is 0 Å². The van der Waals surface area contributed by atoms with E-state index in [9.17, 15) is 9.90 Å². The first-order chi connectivity index (χ1) is 8.10. The van der Waals surface area contributed by atoms with E-state index in [1.165, 1.54) is 18.6 Å². The molecule has 2 aromatic heterocycles. The normalized spacial score (nSPS) is 10.8. The van der Waals surface area contributed by atoms with Crippen molar-refractivity contribution in [3.05, 3.63) is 22.5 Å². The first-order valence-electron chi connectivity index (χ1n) is 5.04. The average molecular weight is 252 g/mol. The van der Waals surface area contributed by atoms with Crippen molar-refractivity contribution >= 4 is 27.7 Å². The van der Waals surface area contributed by atoms with Gasteiger partial charge in [0.15, 0.2) is 0 Å². The number of nitrogens with zero attached hydrogens (tertiary/aromatic N) is 2. The lowest BCUT2D eigenvalue weighted by Crippen LogP contribution is -2.08. The highest BCUT2D eigenvalue weighted by molar-refractivity contribution is 7.13. The van der Waals surface area contributed by atoms with Crippen LogP contribution in [0.25, 0.3) is 10.2 Å². The minimum Gasteiger partial charge on any atom is -0.465 e. The summed E-state index contributed by atoms with van der Waals surface area (Å²) in [5.74, 6) is -0.413. The molecule has 0 amide bonds. The Hall–Kier alpha value is -1.53. The minimum atomic E-state index is -0.413. The van der Waals surface area contributed by atoms with E-state index in [4.69, 9.17) is 4.74 Å². The van der Waals surface area contributed by atoms with E-state index in [0.29, 0.717) is 17.0 Å². The maximum absolute atomic E-state index is 11.7. The lowest BCUT2D eigenvalue weighted by atomic mass is 10.0. The van der Waals surface area contributed by atoms with E-state index in [2.05, 4.69) is 9.36 Å². The van der Waals surface area contributed by atoms with Crippen molar-refractivity contribution in [1.29, 1.82) is 0 Å². The summed E-state index contributed by atoms with van der Waals surface area (Å²) in [4.78, 5) is 16.7. The Kier molecular flexibility index (Phi) is 3.08. The molecule has 0 spiro atoms. The number of aliphatic hydroxyl groups excluding tert-OH is 1. The number of methoxy groups -OCH3 is 1. The molecule has 2 rings (SSSR count). The monoisotopic (exact) mass is 252 g/mol. The van der Waals surface area contributed by atoms with E-state index >= 15 is 0 Å². The van der Waals surface area contributed by atoms with Gasteiger partial charge in [0.1, 0.15) is 4.83 Å². The molecule has 0 aromatic carbocycles. The molecule has 1 N–H and O–H groups in total. The summed E-state index contributed by atoms with van der Waals surface area (Å²) in [6, 6.07) is 0. The Morgan fingerprint density at radius 3 is 2.76 bits per heavy atom. The zero-order valence-electron chi connectivity index (χ0n) is 9.77. The SMILES string of the molecule is COC(=O)c1c(C)nc2snc(CO)c2c1C. The van der Waals surface area contributed by atoms with Gasteiger partial charge in [-0.25, -0.2) is 9.78 Å². The smallest absolute Gasteiger partial charge is 0.339 e. The molecule has 6 heteroatoms. The molecule has 0 fully saturated rings. The fourth-order valence-corrected chi connectivity index (χ4v) is 2.77. The van der Waals surface area contributed by atoms with Crippen LogP contribution in [0.4, 0.5) is 0 Å². The molecule has 0 radical (unpaired) electrons. The van der Waals surface area contributed by atoms with E-state index in [0.717, 1.165) is 15.8 Å². The number of carbonyl (C=O) groups is 1. The van der Waals surface area contributed by atoms with Crippen molar-refractivity contribution in [3.63, 3.8) is 0 Å². The second kappa shape index (κ2) is 4.38. The first kappa shape index (κ1) is 11.9. The number of hydrogen-bond acceptors (Lipinski definition) is 6. The molecule has 0 aliphatic heterocycles. The zero-order chi connectivity index (χ0) is 12.6. The van der Waals surface area contributed by atoms with Gasteiger partial charge in [-0.2, -0.15) is 4.37 Å². The third-order valence-corrected chi connectivity index (χ3v) is 3.45. The minimum absolute atomic E-state index is 0.161. The first-order valence-corrected chi connectivity index (χ1v) is 5.82. The van der Waals surface area contributed by atoms with Crippen LogP contribution in [0.3, 0.4) is 0 Å². The summed E-state index contributed by atoms with van der Waals surface area (Å²) in [6.07, 6.45) is 0. The summed E-state index contributed by atoms with van der Waals surface area (Å²) in [5, 5.41) is 9.96. The van der Waals surface area contributed by atoms with Crippen molar-refractivity contribution in [1.82, 2.24) is 9.36 Å². The molecule has 2 heterocycles. The molecule has 90 valence electrons. The Labute approximate surface area is 102 Å². The highest BCUT2D eigenvalue weighted by Gasteiger charge is 2.20. The summed E-state index contributed by atoms with van der Waals surface area (Å²) in [6.45, 7) is 3.42. The van der Waals surface area contributed by atoms with E-state index in [1.54, 1.807) is 6.92 Å². The van der Waals surface area contributed by atoms with Gasteiger partial charge in [-0.05, 0) is 30.9 Å². The number of aromatic nitrogens is 2. The average Bonchev–Trinajstić information content (AvgIpc) is 2.71. The summed E-state index contributed by atoms with van der Waals surface area (Å²) in [7, 11) is 1.34. The highest BCUT2D eigenvalue weighted by Crippen LogP contribution is 2.28. The lowest BCUT2D eigenvalue weighted by Gasteiger charge is -2.08. The van der Waals surface area contributed by atoms with Gasteiger partial charge in [-0.1, -0.05) is 0 Å². The number of fused-ring (bicyclic) bond motifs is 1. The largest absolute Gasteiger partial charge is 0.465 e. The zero-order valence-corrected chi connectivity index (χ0v) is 10.6. The van der Waals surface area contributed by atoms with Crippen molar-refractivity contribution in [2.24, 2.45) is 0 Å². The third kappa shape index (κ3) is 1.79. The van der Waals surface area contributed by atoms with Crippen LogP contribution in [0.2, 0.25) is 0 Å². The second-order valence-electron chi connectivity index (χ2n) is 3.66. The van der Waals surface area contributed by atoms with Crippen LogP contribution in [-0.2, 0) is 11.3 Å². The molecule has 0 aliphatic rings. The highest BCUT2D eigenvalue weighted by atomic mass is 32.1. The van der Waals surface area contributed by atoms with Crippen molar-refractivity contribution in [3.8, 4) is 0 Å². The summed E-state index contributed by atoms with van der Waals surface area (Å²) in [5.41, 5.74) is 2.39. The number of pyridine rings is 1. The van der Waals surface area contributed by atoms with Crippen LogP contribution in [0.5, 0.6) is 0 Å². The third-order valence-electron chi connectivity index (χ3n) is 2.67. The van der Waals surface area contributed by atoms with Gasteiger partial charge >= 0.3 is 5.97 Å². The predicted molar refractivity (Wildman–Crippen MR) is 64.2 cm³/mol. The van der Waals surface area contributed by atoms with Gasteiger partial charge in [0.2, 0.25) is 0 Å².